The Balaban J connectivity index is 1.71. The molecule has 0 aromatic rings. The number of carbonyl (C=O) groups is 2. The highest BCUT2D eigenvalue weighted by Crippen LogP contribution is 2.64. The molecule has 0 aromatic carbocycles. The van der Waals surface area contributed by atoms with Gasteiger partial charge in [0.1, 0.15) is 5.78 Å². The number of Topliss-reactive ketones (excluding diaryl/α,β-unsaturated/α-hetero) is 1. The second kappa shape index (κ2) is 5.41. The summed E-state index contributed by atoms with van der Waals surface area (Å²) in [6.45, 7) is 6.74. The molecule has 2 saturated carbocycles. The minimum Gasteiger partial charge on any atom is -0.299 e. The molecule has 6 atom stereocenters. The van der Waals surface area contributed by atoms with Crippen molar-refractivity contribution in [2.45, 2.75) is 65.7 Å². The second-order valence-corrected chi connectivity index (χ2v) is 9.09. The zero-order chi connectivity index (χ0) is 17.1. The van der Waals surface area contributed by atoms with Crippen LogP contribution in [0.15, 0.2) is 23.8 Å². The quantitative estimate of drug-likeness (QED) is 0.677. The van der Waals surface area contributed by atoms with E-state index in [1.54, 1.807) is 5.57 Å². The summed E-state index contributed by atoms with van der Waals surface area (Å²) in [6.07, 6.45) is 13.6. The van der Waals surface area contributed by atoms with Crippen LogP contribution in [0.5, 0.6) is 0 Å². The van der Waals surface area contributed by atoms with Gasteiger partial charge in [0.15, 0.2) is 5.78 Å². The minimum atomic E-state index is 0.0744. The van der Waals surface area contributed by atoms with Gasteiger partial charge in [0.2, 0.25) is 0 Å². The van der Waals surface area contributed by atoms with Crippen LogP contribution in [0.25, 0.3) is 0 Å². The van der Waals surface area contributed by atoms with E-state index in [1.165, 1.54) is 12.8 Å². The number of ketones is 2. The average Bonchev–Trinajstić information content (AvgIpc) is 2.92. The van der Waals surface area contributed by atoms with Crippen molar-refractivity contribution >= 4 is 11.6 Å². The zero-order valence-corrected chi connectivity index (χ0v) is 15.3. The lowest BCUT2D eigenvalue weighted by atomic mass is 9.50. The van der Waals surface area contributed by atoms with Crippen LogP contribution in [0.3, 0.4) is 0 Å². The third-order valence-corrected chi connectivity index (χ3v) is 8.15. The van der Waals surface area contributed by atoms with Crippen molar-refractivity contribution < 1.29 is 9.59 Å². The number of fused-ring (bicyclic) bond motifs is 5. The van der Waals surface area contributed by atoms with E-state index >= 15 is 0 Å². The van der Waals surface area contributed by atoms with Gasteiger partial charge in [0.05, 0.1) is 0 Å². The fourth-order valence-electron chi connectivity index (χ4n) is 6.71. The first kappa shape index (κ1) is 16.3. The molecule has 0 N–H and O–H groups in total. The number of allylic oxidation sites excluding steroid dienone is 4. The summed E-state index contributed by atoms with van der Waals surface area (Å²) in [4.78, 5) is 24.4. The van der Waals surface area contributed by atoms with Crippen LogP contribution in [-0.4, -0.2) is 11.6 Å². The van der Waals surface area contributed by atoms with Crippen LogP contribution >= 0.6 is 0 Å². The topological polar surface area (TPSA) is 34.1 Å². The Bertz CT molecular complexity index is 642. The van der Waals surface area contributed by atoms with Gasteiger partial charge in [-0.1, -0.05) is 38.5 Å². The summed E-state index contributed by atoms with van der Waals surface area (Å²) in [6, 6.07) is 0. The van der Waals surface area contributed by atoms with Gasteiger partial charge in [0, 0.05) is 24.2 Å². The summed E-state index contributed by atoms with van der Waals surface area (Å²) in [7, 11) is 0. The van der Waals surface area contributed by atoms with Crippen LogP contribution in [0.2, 0.25) is 0 Å². The van der Waals surface area contributed by atoms with Crippen molar-refractivity contribution in [3.05, 3.63) is 23.8 Å². The smallest absolute Gasteiger partial charge is 0.155 e. The molecule has 0 bridgehead atoms. The predicted octanol–water partition coefficient (Wildman–Crippen LogP) is 4.89. The van der Waals surface area contributed by atoms with Crippen molar-refractivity contribution in [2.24, 2.45) is 34.5 Å². The normalized spacial score (nSPS) is 46.8. The van der Waals surface area contributed by atoms with Gasteiger partial charge >= 0.3 is 0 Å². The van der Waals surface area contributed by atoms with E-state index in [4.69, 9.17) is 0 Å². The maximum absolute atomic E-state index is 12.5. The summed E-state index contributed by atoms with van der Waals surface area (Å²) in [5.74, 6) is 2.79. The first-order valence-corrected chi connectivity index (χ1v) is 9.85. The fourth-order valence-corrected chi connectivity index (χ4v) is 6.71. The van der Waals surface area contributed by atoms with Crippen LogP contribution in [0, 0.1) is 34.5 Å². The third-order valence-electron chi connectivity index (χ3n) is 8.15. The largest absolute Gasteiger partial charge is 0.299 e. The third kappa shape index (κ3) is 2.07. The predicted molar refractivity (Wildman–Crippen MR) is 95.4 cm³/mol. The molecule has 0 saturated heterocycles. The lowest BCUT2D eigenvalue weighted by Gasteiger charge is -2.54. The van der Waals surface area contributed by atoms with Crippen LogP contribution in [0.1, 0.15) is 65.7 Å². The molecule has 4 aliphatic rings. The van der Waals surface area contributed by atoms with Crippen LogP contribution in [-0.2, 0) is 9.59 Å². The van der Waals surface area contributed by atoms with E-state index in [9.17, 15) is 9.59 Å². The molecule has 24 heavy (non-hydrogen) atoms. The molecular formula is C22H30O2. The average molecular weight is 326 g/mol. The Hall–Kier alpha value is -1.18. The molecule has 130 valence electrons. The number of hydrogen-bond donors (Lipinski definition) is 0. The van der Waals surface area contributed by atoms with E-state index < -0.39 is 0 Å². The highest BCUT2D eigenvalue weighted by Gasteiger charge is 2.57. The Morgan fingerprint density at radius 2 is 2.00 bits per heavy atom. The second-order valence-electron chi connectivity index (χ2n) is 9.09. The first-order chi connectivity index (χ1) is 11.4. The molecule has 0 unspecified atom stereocenters. The molecule has 4 aliphatic carbocycles. The van der Waals surface area contributed by atoms with Gasteiger partial charge in [0.25, 0.3) is 0 Å². The molecule has 2 heteroatoms. The highest BCUT2D eigenvalue weighted by molar-refractivity contribution is 5.91. The lowest BCUT2D eigenvalue weighted by Crippen LogP contribution is -2.47. The Morgan fingerprint density at radius 1 is 1.21 bits per heavy atom. The van der Waals surface area contributed by atoms with Gasteiger partial charge in [-0.15, -0.1) is 0 Å². The molecule has 4 rings (SSSR count). The Kier molecular flexibility index (Phi) is 3.67. The van der Waals surface area contributed by atoms with Gasteiger partial charge in [-0.3, -0.25) is 9.59 Å². The van der Waals surface area contributed by atoms with Gasteiger partial charge in [-0.25, -0.2) is 0 Å². The van der Waals surface area contributed by atoms with Crippen molar-refractivity contribution in [2.75, 3.05) is 0 Å². The summed E-state index contributed by atoms with van der Waals surface area (Å²) >= 11 is 0. The molecule has 0 radical (unpaired) electrons. The zero-order valence-electron chi connectivity index (χ0n) is 15.3. The summed E-state index contributed by atoms with van der Waals surface area (Å²) in [5, 5.41) is 0. The molecule has 0 amide bonds. The standard InChI is InChI=1S/C22H30O2/c1-4-20(24)19-8-7-17-16-6-5-14-13-15(23)9-11-21(14,2)18(16)10-12-22(17,19)3/h9-11,14,16-17,19H,4-8,12-13H2,1-3H3/t14-,16-,17-,19+,21-,22-/m0/s1. The SMILES string of the molecule is CCC(=O)[C@H]1CC[C@H]2[C@@H]3CC[C@H]4CC(=O)C=C[C@]4(C)C3=CC[C@]12C. The molecule has 0 heterocycles. The van der Waals surface area contributed by atoms with Gasteiger partial charge in [-0.2, -0.15) is 0 Å². The number of hydrogen-bond acceptors (Lipinski definition) is 2. The molecule has 0 aliphatic heterocycles. The van der Waals surface area contributed by atoms with Crippen LogP contribution in [0.4, 0.5) is 0 Å². The van der Waals surface area contributed by atoms with Crippen molar-refractivity contribution in [1.29, 1.82) is 0 Å². The molecule has 0 aromatic heterocycles. The first-order valence-electron chi connectivity index (χ1n) is 9.85. The van der Waals surface area contributed by atoms with E-state index in [2.05, 4.69) is 26.0 Å². The Morgan fingerprint density at radius 3 is 2.75 bits per heavy atom. The highest BCUT2D eigenvalue weighted by atomic mass is 16.1. The summed E-state index contributed by atoms with van der Waals surface area (Å²) < 4.78 is 0. The lowest BCUT2D eigenvalue weighted by molar-refractivity contribution is -0.126. The van der Waals surface area contributed by atoms with Gasteiger partial charge in [-0.05, 0) is 61.3 Å². The molecular weight excluding hydrogens is 296 g/mol. The van der Waals surface area contributed by atoms with E-state index in [0.29, 0.717) is 35.7 Å². The maximum atomic E-state index is 12.5. The molecule has 2 fully saturated rings. The Labute approximate surface area is 145 Å². The van der Waals surface area contributed by atoms with Gasteiger partial charge < -0.3 is 0 Å². The monoisotopic (exact) mass is 326 g/mol. The van der Waals surface area contributed by atoms with E-state index in [0.717, 1.165) is 25.7 Å². The number of rotatable bonds is 2. The van der Waals surface area contributed by atoms with Crippen molar-refractivity contribution in [3.8, 4) is 0 Å². The number of carbonyl (C=O) groups excluding carboxylic acids is 2. The fraction of sp³-hybridized carbons (Fsp3) is 0.727. The molecule has 0 spiro atoms. The van der Waals surface area contributed by atoms with Crippen molar-refractivity contribution in [3.63, 3.8) is 0 Å². The van der Waals surface area contributed by atoms with Crippen LogP contribution < -0.4 is 0 Å². The summed E-state index contributed by atoms with van der Waals surface area (Å²) in [5.41, 5.74) is 1.83. The molecule has 2 nitrogen and oxygen atoms in total. The maximum Gasteiger partial charge on any atom is 0.155 e. The van der Waals surface area contributed by atoms with Crippen molar-refractivity contribution in [1.82, 2.24) is 0 Å². The van der Waals surface area contributed by atoms with E-state index in [1.807, 2.05) is 13.0 Å². The minimum absolute atomic E-state index is 0.0744. The van der Waals surface area contributed by atoms with E-state index in [-0.39, 0.29) is 16.7 Å².